The van der Waals surface area contributed by atoms with Crippen molar-refractivity contribution in [3.05, 3.63) is 72.3 Å². The summed E-state index contributed by atoms with van der Waals surface area (Å²) in [5, 5.41) is 4.34. The van der Waals surface area contributed by atoms with Gasteiger partial charge in [0.25, 0.3) is 0 Å². The number of nitrogens with zero attached hydrogens (tertiary/aromatic N) is 5. The van der Waals surface area contributed by atoms with Gasteiger partial charge in [0.05, 0.1) is 0 Å². The van der Waals surface area contributed by atoms with Crippen molar-refractivity contribution < 1.29 is 9.53 Å². The van der Waals surface area contributed by atoms with E-state index < -0.39 is 5.97 Å². The van der Waals surface area contributed by atoms with E-state index in [9.17, 15) is 4.79 Å². The Bertz CT molecular complexity index is 1080. The van der Waals surface area contributed by atoms with Gasteiger partial charge in [-0.25, -0.2) is 24.3 Å². The summed E-state index contributed by atoms with van der Waals surface area (Å²) < 4.78 is 7.06. The third kappa shape index (κ3) is 2.90. The van der Waals surface area contributed by atoms with Crippen LogP contribution < -0.4 is 4.74 Å². The van der Waals surface area contributed by atoms with Gasteiger partial charge in [0.2, 0.25) is 0 Å². The Labute approximate surface area is 149 Å². The first-order valence-electron chi connectivity index (χ1n) is 8.18. The largest absolute Gasteiger partial charge is 0.421 e. The maximum Gasteiger partial charge on any atom is 0.364 e. The molecule has 128 valence electrons. The first-order valence-corrected chi connectivity index (χ1v) is 8.18. The summed E-state index contributed by atoms with van der Waals surface area (Å²) in [5.74, 6) is 0.507. The van der Waals surface area contributed by atoms with Crippen LogP contribution in [0.1, 0.15) is 23.0 Å². The summed E-state index contributed by atoms with van der Waals surface area (Å²) in [4.78, 5) is 25.2. The topological polar surface area (TPSA) is 82.3 Å². The number of fused-ring (bicyclic) bond motifs is 1. The number of para-hydroxylation sites is 1. The molecule has 0 radical (unpaired) electrons. The van der Waals surface area contributed by atoms with Crippen molar-refractivity contribution in [3.63, 3.8) is 0 Å². The quantitative estimate of drug-likeness (QED) is 0.418. The van der Waals surface area contributed by atoms with Gasteiger partial charge in [0, 0.05) is 24.7 Å². The summed E-state index contributed by atoms with van der Waals surface area (Å²) in [6.45, 7) is 2.01. The van der Waals surface area contributed by atoms with Gasteiger partial charge in [-0.3, -0.25) is 0 Å². The zero-order valence-corrected chi connectivity index (χ0v) is 14.0. The molecular formula is C19H15N5O2. The predicted octanol–water partition coefficient (Wildman–Crippen LogP) is 2.97. The van der Waals surface area contributed by atoms with E-state index in [2.05, 4.69) is 20.1 Å². The Balaban J connectivity index is 1.71. The van der Waals surface area contributed by atoms with Crippen LogP contribution in [-0.4, -0.2) is 30.5 Å². The van der Waals surface area contributed by atoms with Gasteiger partial charge in [-0.15, -0.1) is 0 Å². The molecule has 0 atom stereocenters. The lowest BCUT2D eigenvalue weighted by Crippen LogP contribution is -2.11. The lowest BCUT2D eigenvalue weighted by atomic mass is 10.1. The number of rotatable bonds is 4. The monoisotopic (exact) mass is 345 g/mol. The number of hydrogen-bond acceptors (Lipinski definition) is 6. The fraction of sp³-hybridized carbons (Fsp3) is 0.105. The number of esters is 1. The summed E-state index contributed by atoms with van der Waals surface area (Å²) in [6.07, 6.45) is 5.69. The third-order valence-corrected chi connectivity index (χ3v) is 3.92. The van der Waals surface area contributed by atoms with Crippen LogP contribution in [0.15, 0.2) is 61.1 Å². The maximum absolute atomic E-state index is 12.5. The molecule has 26 heavy (non-hydrogen) atoms. The molecule has 0 spiro atoms. The number of carbonyl (C=O) groups is 1. The smallest absolute Gasteiger partial charge is 0.364 e. The van der Waals surface area contributed by atoms with E-state index in [1.807, 2.05) is 25.1 Å². The van der Waals surface area contributed by atoms with Crippen LogP contribution in [0, 0.1) is 0 Å². The molecule has 0 bridgehead atoms. The highest BCUT2D eigenvalue weighted by molar-refractivity contribution is 5.90. The second-order valence-electron chi connectivity index (χ2n) is 5.55. The Morgan fingerprint density at radius 2 is 1.85 bits per heavy atom. The van der Waals surface area contributed by atoms with Gasteiger partial charge < -0.3 is 4.74 Å². The molecule has 4 rings (SSSR count). The van der Waals surface area contributed by atoms with Crippen LogP contribution >= 0.6 is 0 Å². The van der Waals surface area contributed by atoms with Gasteiger partial charge in [-0.05, 0) is 30.2 Å². The van der Waals surface area contributed by atoms with E-state index in [-0.39, 0.29) is 5.69 Å². The maximum atomic E-state index is 12.5. The molecule has 1 aromatic carbocycles. The Kier molecular flexibility index (Phi) is 4.10. The Morgan fingerprint density at radius 1 is 1.04 bits per heavy atom. The van der Waals surface area contributed by atoms with E-state index >= 15 is 0 Å². The van der Waals surface area contributed by atoms with Gasteiger partial charge in [-0.2, -0.15) is 5.10 Å². The number of aryl methyl sites for hydroxylation is 1. The molecule has 0 fully saturated rings. The average Bonchev–Trinajstić information content (AvgIpc) is 3.13. The lowest BCUT2D eigenvalue weighted by Gasteiger charge is -2.06. The molecule has 0 N–H and O–H groups in total. The summed E-state index contributed by atoms with van der Waals surface area (Å²) in [5.41, 5.74) is 2.29. The van der Waals surface area contributed by atoms with Gasteiger partial charge in [-0.1, -0.05) is 25.1 Å². The Morgan fingerprint density at radius 3 is 2.65 bits per heavy atom. The molecule has 0 aliphatic carbocycles. The minimum atomic E-state index is -0.531. The first-order chi connectivity index (χ1) is 12.8. The second-order valence-corrected chi connectivity index (χ2v) is 5.55. The first kappa shape index (κ1) is 15.9. The van der Waals surface area contributed by atoms with E-state index in [0.717, 1.165) is 12.0 Å². The van der Waals surface area contributed by atoms with Gasteiger partial charge in [0.15, 0.2) is 17.2 Å². The van der Waals surface area contributed by atoms with Crippen molar-refractivity contribution in [3.8, 4) is 17.3 Å². The van der Waals surface area contributed by atoms with E-state index in [1.54, 1.807) is 42.9 Å². The summed E-state index contributed by atoms with van der Waals surface area (Å²) in [6, 6.07) is 12.5. The molecule has 0 unspecified atom stereocenters. The van der Waals surface area contributed by atoms with Crippen molar-refractivity contribution in [1.82, 2.24) is 24.6 Å². The van der Waals surface area contributed by atoms with E-state index in [4.69, 9.17) is 4.74 Å². The SMILES string of the molecule is CCc1ccccc1OC(=O)c1cc2nccc(-c3ncccn3)n2n1. The molecule has 4 aromatic rings. The van der Waals surface area contributed by atoms with Crippen molar-refractivity contribution in [2.24, 2.45) is 0 Å². The standard InChI is InChI=1S/C19H15N5O2/c1-2-13-6-3-4-7-16(13)26-19(25)14-12-17-20-11-8-15(24(17)23-14)18-21-9-5-10-22-18/h3-12H,2H2,1H3. The van der Waals surface area contributed by atoms with Crippen molar-refractivity contribution >= 4 is 11.6 Å². The molecule has 0 amide bonds. The molecule has 0 aliphatic heterocycles. The Hall–Kier alpha value is -3.61. The second kappa shape index (κ2) is 6.72. The van der Waals surface area contributed by atoms with Crippen LogP contribution in [0.2, 0.25) is 0 Å². The minimum absolute atomic E-state index is 0.173. The molecule has 7 heteroatoms. The van der Waals surface area contributed by atoms with E-state index in [1.165, 1.54) is 4.52 Å². The zero-order chi connectivity index (χ0) is 17.9. The fourth-order valence-corrected chi connectivity index (χ4v) is 2.64. The van der Waals surface area contributed by atoms with Crippen LogP contribution in [0.25, 0.3) is 17.2 Å². The molecule has 7 nitrogen and oxygen atoms in total. The van der Waals surface area contributed by atoms with Crippen LogP contribution in [0.3, 0.4) is 0 Å². The molecule has 3 aromatic heterocycles. The fourth-order valence-electron chi connectivity index (χ4n) is 2.64. The molecule has 0 saturated carbocycles. The number of hydrogen-bond donors (Lipinski definition) is 0. The highest BCUT2D eigenvalue weighted by atomic mass is 16.5. The van der Waals surface area contributed by atoms with Gasteiger partial charge in [0.1, 0.15) is 11.4 Å². The number of aromatic nitrogens is 5. The lowest BCUT2D eigenvalue weighted by molar-refractivity contribution is 0.0726. The van der Waals surface area contributed by atoms with Crippen LogP contribution in [-0.2, 0) is 6.42 Å². The van der Waals surface area contributed by atoms with Crippen LogP contribution in [0.5, 0.6) is 5.75 Å². The normalized spacial score (nSPS) is 10.8. The molecular weight excluding hydrogens is 330 g/mol. The summed E-state index contributed by atoms with van der Waals surface area (Å²) >= 11 is 0. The highest BCUT2D eigenvalue weighted by Gasteiger charge is 2.17. The molecule has 0 saturated heterocycles. The highest BCUT2D eigenvalue weighted by Crippen LogP contribution is 2.21. The number of benzene rings is 1. The third-order valence-electron chi connectivity index (χ3n) is 3.92. The predicted molar refractivity (Wildman–Crippen MR) is 94.8 cm³/mol. The minimum Gasteiger partial charge on any atom is -0.421 e. The van der Waals surface area contributed by atoms with Crippen molar-refractivity contribution in [2.45, 2.75) is 13.3 Å². The average molecular weight is 345 g/mol. The summed E-state index contributed by atoms with van der Waals surface area (Å²) in [7, 11) is 0. The van der Waals surface area contributed by atoms with Crippen LogP contribution in [0.4, 0.5) is 0 Å². The zero-order valence-electron chi connectivity index (χ0n) is 14.0. The number of ether oxygens (including phenoxy) is 1. The van der Waals surface area contributed by atoms with Crippen molar-refractivity contribution in [1.29, 1.82) is 0 Å². The molecule has 3 heterocycles. The van der Waals surface area contributed by atoms with E-state index in [0.29, 0.717) is 22.9 Å². The van der Waals surface area contributed by atoms with Gasteiger partial charge >= 0.3 is 5.97 Å². The number of carbonyl (C=O) groups excluding carboxylic acids is 1. The molecule has 0 aliphatic rings. The van der Waals surface area contributed by atoms with Crippen molar-refractivity contribution in [2.75, 3.05) is 0 Å².